The highest BCUT2D eigenvalue weighted by Gasteiger charge is 2.24. The Morgan fingerprint density at radius 1 is 1.08 bits per heavy atom. The average molecular weight is 577 g/mol. The molecule has 10 heteroatoms. The number of nitrogens with zero attached hydrogens (tertiary/aromatic N) is 4. The summed E-state index contributed by atoms with van der Waals surface area (Å²) in [5, 5.41) is 20.6. The molecule has 0 unspecified atom stereocenters. The minimum absolute atomic E-state index is 0.00568. The van der Waals surface area contributed by atoms with E-state index in [4.69, 9.17) is 9.47 Å². The van der Waals surface area contributed by atoms with Crippen molar-refractivity contribution in [1.29, 1.82) is 5.26 Å². The first-order chi connectivity index (χ1) is 18.4. The fourth-order valence-electron chi connectivity index (χ4n) is 4.08. The van der Waals surface area contributed by atoms with E-state index in [0.717, 1.165) is 11.3 Å². The number of para-hydroxylation sites is 1. The van der Waals surface area contributed by atoms with Crippen molar-refractivity contribution >= 4 is 39.3 Å². The van der Waals surface area contributed by atoms with Gasteiger partial charge in [-0.3, -0.25) is 14.9 Å². The van der Waals surface area contributed by atoms with Gasteiger partial charge >= 0.3 is 0 Å². The van der Waals surface area contributed by atoms with Gasteiger partial charge in [0.15, 0.2) is 11.5 Å². The van der Waals surface area contributed by atoms with E-state index in [1.54, 1.807) is 35.2 Å². The molecule has 9 nitrogen and oxygen atoms in total. The van der Waals surface area contributed by atoms with Gasteiger partial charge in [0.05, 0.1) is 12.0 Å². The molecule has 0 saturated carbocycles. The zero-order valence-corrected chi connectivity index (χ0v) is 22.3. The molecule has 0 N–H and O–H groups in total. The second kappa shape index (κ2) is 12.3. The summed E-state index contributed by atoms with van der Waals surface area (Å²) in [5.74, 6) is 0.545. The molecule has 0 aromatic heterocycles. The van der Waals surface area contributed by atoms with Gasteiger partial charge in [0, 0.05) is 48.5 Å². The zero-order chi connectivity index (χ0) is 27.1. The van der Waals surface area contributed by atoms with Gasteiger partial charge in [0.25, 0.3) is 11.6 Å². The number of non-ortho nitro benzene ring substituents is 1. The number of nitriles is 1. The minimum atomic E-state index is -0.456. The Morgan fingerprint density at radius 2 is 1.76 bits per heavy atom. The summed E-state index contributed by atoms with van der Waals surface area (Å²) in [6, 6.07) is 21.6. The van der Waals surface area contributed by atoms with Crippen LogP contribution in [-0.2, 0) is 11.4 Å². The maximum Gasteiger partial charge on any atom is 0.269 e. The number of hydrogen-bond donors (Lipinski definition) is 0. The highest BCUT2D eigenvalue weighted by atomic mass is 79.9. The number of benzene rings is 3. The second-order valence-electron chi connectivity index (χ2n) is 8.52. The van der Waals surface area contributed by atoms with Crippen LogP contribution in [0.2, 0.25) is 0 Å². The van der Waals surface area contributed by atoms with Crippen molar-refractivity contribution in [1.82, 2.24) is 4.90 Å². The molecule has 1 heterocycles. The fourth-order valence-corrected chi connectivity index (χ4v) is 4.52. The van der Waals surface area contributed by atoms with Crippen LogP contribution in [0.1, 0.15) is 11.1 Å². The predicted octanol–water partition coefficient (Wildman–Crippen LogP) is 5.20. The number of carbonyl (C=O) groups excluding carboxylic acids is 1. The summed E-state index contributed by atoms with van der Waals surface area (Å²) >= 11 is 3.50. The number of amides is 1. The highest BCUT2D eigenvalue weighted by Crippen LogP contribution is 2.35. The van der Waals surface area contributed by atoms with Crippen molar-refractivity contribution in [2.24, 2.45) is 0 Å². The largest absolute Gasteiger partial charge is 0.493 e. The number of hydrogen-bond acceptors (Lipinski definition) is 7. The number of halogens is 1. The van der Waals surface area contributed by atoms with Crippen LogP contribution in [0.4, 0.5) is 11.4 Å². The minimum Gasteiger partial charge on any atom is -0.493 e. The SMILES string of the molecule is COc1cc(/C=C(/C#N)C(=O)N2CCN(c3ccccc3)CC2)c(Br)cc1OCc1ccc([N+](=O)[O-])cc1. The Hall–Kier alpha value is -4.36. The van der Waals surface area contributed by atoms with Crippen LogP contribution < -0.4 is 14.4 Å². The van der Waals surface area contributed by atoms with E-state index in [1.165, 1.54) is 19.2 Å². The van der Waals surface area contributed by atoms with Gasteiger partial charge in [-0.05, 0) is 53.6 Å². The van der Waals surface area contributed by atoms with E-state index in [9.17, 15) is 20.2 Å². The summed E-state index contributed by atoms with van der Waals surface area (Å²) in [5.41, 5.74) is 2.49. The number of anilines is 1. The number of carbonyl (C=O) groups is 1. The molecule has 1 aliphatic heterocycles. The number of piperazine rings is 1. The van der Waals surface area contributed by atoms with Crippen molar-refractivity contribution in [2.75, 3.05) is 38.2 Å². The molecule has 0 aliphatic carbocycles. The molecule has 0 atom stereocenters. The second-order valence-corrected chi connectivity index (χ2v) is 9.38. The lowest BCUT2D eigenvalue weighted by atomic mass is 10.1. The van der Waals surface area contributed by atoms with E-state index >= 15 is 0 Å². The maximum absolute atomic E-state index is 13.1. The number of nitro groups is 1. The summed E-state index contributed by atoms with van der Waals surface area (Å²) in [4.78, 5) is 27.4. The number of ether oxygens (including phenoxy) is 2. The third-order valence-electron chi connectivity index (χ3n) is 6.16. The molecule has 0 spiro atoms. The first kappa shape index (κ1) is 26.7. The third-order valence-corrected chi connectivity index (χ3v) is 6.85. The summed E-state index contributed by atoms with van der Waals surface area (Å²) in [7, 11) is 1.50. The van der Waals surface area contributed by atoms with Crippen molar-refractivity contribution < 1.29 is 19.2 Å². The number of nitro benzene ring substituents is 1. The lowest BCUT2D eigenvalue weighted by molar-refractivity contribution is -0.384. The van der Waals surface area contributed by atoms with Crippen LogP contribution in [0.25, 0.3) is 6.08 Å². The first-order valence-electron chi connectivity index (χ1n) is 11.8. The van der Waals surface area contributed by atoms with Crippen molar-refractivity contribution in [3.63, 3.8) is 0 Å². The Morgan fingerprint density at radius 3 is 2.37 bits per heavy atom. The van der Waals surface area contributed by atoms with Gasteiger partial charge < -0.3 is 19.3 Å². The molecule has 3 aromatic carbocycles. The lowest BCUT2D eigenvalue weighted by Crippen LogP contribution is -2.49. The maximum atomic E-state index is 13.1. The van der Waals surface area contributed by atoms with Crippen molar-refractivity contribution in [3.05, 3.63) is 98.0 Å². The normalized spacial score (nSPS) is 13.6. The Labute approximate surface area is 228 Å². The Kier molecular flexibility index (Phi) is 8.61. The number of methoxy groups -OCH3 is 1. The van der Waals surface area contributed by atoms with E-state index in [1.807, 2.05) is 36.4 Å². The van der Waals surface area contributed by atoms with Crippen LogP contribution in [0.15, 0.2) is 76.8 Å². The average Bonchev–Trinajstić information content (AvgIpc) is 2.96. The van der Waals surface area contributed by atoms with Gasteiger partial charge in [0.1, 0.15) is 18.2 Å². The van der Waals surface area contributed by atoms with E-state index < -0.39 is 4.92 Å². The van der Waals surface area contributed by atoms with Crippen molar-refractivity contribution in [3.8, 4) is 17.6 Å². The third kappa shape index (κ3) is 6.30. The molecule has 194 valence electrons. The van der Waals surface area contributed by atoms with E-state index in [2.05, 4.69) is 20.8 Å². The fraction of sp³-hybridized carbons (Fsp3) is 0.214. The molecule has 0 bridgehead atoms. The lowest BCUT2D eigenvalue weighted by Gasteiger charge is -2.36. The zero-order valence-electron chi connectivity index (χ0n) is 20.7. The molecule has 4 rings (SSSR count). The van der Waals surface area contributed by atoms with Crippen LogP contribution in [0.5, 0.6) is 11.5 Å². The van der Waals surface area contributed by atoms with Crippen LogP contribution >= 0.6 is 15.9 Å². The Balaban J connectivity index is 1.45. The highest BCUT2D eigenvalue weighted by molar-refractivity contribution is 9.10. The van der Waals surface area contributed by atoms with Gasteiger partial charge in [0.2, 0.25) is 0 Å². The van der Waals surface area contributed by atoms with Crippen molar-refractivity contribution in [2.45, 2.75) is 6.61 Å². The van der Waals surface area contributed by atoms with Crippen LogP contribution in [0, 0.1) is 21.4 Å². The smallest absolute Gasteiger partial charge is 0.269 e. The molecule has 1 fully saturated rings. The summed E-state index contributed by atoms with van der Waals surface area (Å²) in [6.07, 6.45) is 1.54. The molecule has 38 heavy (non-hydrogen) atoms. The van der Waals surface area contributed by atoms with Crippen LogP contribution in [0.3, 0.4) is 0 Å². The molecular formula is C28H25BrN4O5. The van der Waals surface area contributed by atoms with E-state index in [-0.39, 0.29) is 23.8 Å². The summed E-state index contributed by atoms with van der Waals surface area (Å²) < 4.78 is 12.0. The van der Waals surface area contributed by atoms with Gasteiger partial charge in [-0.1, -0.05) is 34.1 Å². The molecule has 1 amide bonds. The quantitative estimate of drug-likeness (QED) is 0.157. The van der Waals surface area contributed by atoms with Crippen LogP contribution in [-0.4, -0.2) is 49.0 Å². The first-order valence-corrected chi connectivity index (χ1v) is 12.6. The van der Waals surface area contributed by atoms with Gasteiger partial charge in [-0.25, -0.2) is 0 Å². The molecule has 0 radical (unpaired) electrons. The Bertz CT molecular complexity index is 1380. The molecule has 1 aliphatic rings. The molecular weight excluding hydrogens is 552 g/mol. The number of rotatable bonds is 8. The van der Waals surface area contributed by atoms with Gasteiger partial charge in [-0.15, -0.1) is 0 Å². The topological polar surface area (TPSA) is 109 Å². The standard InChI is InChI=1S/C28H25BrN4O5/c1-37-26-16-21(25(29)17-27(26)38-19-20-7-9-24(10-8-20)33(35)36)15-22(18-30)28(34)32-13-11-31(12-14-32)23-5-3-2-4-6-23/h2-10,15-17H,11-14,19H2,1H3/b22-15-. The van der Waals surface area contributed by atoms with E-state index in [0.29, 0.717) is 47.7 Å². The molecule has 1 saturated heterocycles. The monoisotopic (exact) mass is 576 g/mol. The van der Waals surface area contributed by atoms with Gasteiger partial charge in [-0.2, -0.15) is 5.26 Å². The predicted molar refractivity (Wildman–Crippen MR) is 147 cm³/mol. The summed E-state index contributed by atoms with van der Waals surface area (Å²) in [6.45, 7) is 2.59. The molecule has 3 aromatic rings.